The summed E-state index contributed by atoms with van der Waals surface area (Å²) < 4.78 is 0. The van der Waals surface area contributed by atoms with E-state index in [-0.39, 0.29) is 5.91 Å². The molecule has 1 aromatic rings. The number of amides is 1. The summed E-state index contributed by atoms with van der Waals surface area (Å²) in [5, 5.41) is 7.14. The normalized spacial score (nSPS) is 21.8. The molecule has 0 spiro atoms. The Labute approximate surface area is 131 Å². The number of aromatic nitrogens is 1. The Morgan fingerprint density at radius 1 is 1.38 bits per heavy atom. The van der Waals surface area contributed by atoms with Gasteiger partial charge in [-0.25, -0.2) is 4.98 Å². The molecule has 0 atom stereocenters. The topological polar surface area (TPSA) is 54.0 Å². The fourth-order valence-corrected chi connectivity index (χ4v) is 3.38. The van der Waals surface area contributed by atoms with Crippen LogP contribution in [0.4, 0.5) is 5.82 Å². The van der Waals surface area contributed by atoms with Crippen molar-refractivity contribution >= 4 is 23.5 Å². The van der Waals surface area contributed by atoms with E-state index in [0.717, 1.165) is 36.9 Å². The maximum atomic E-state index is 12.3. The number of rotatable bonds is 6. The van der Waals surface area contributed by atoms with Crippen molar-refractivity contribution in [1.29, 1.82) is 0 Å². The van der Waals surface area contributed by atoms with E-state index in [1.165, 1.54) is 12.8 Å². The first-order valence-corrected chi connectivity index (χ1v) is 9.05. The summed E-state index contributed by atoms with van der Waals surface area (Å²) in [4.78, 5) is 16.6. The largest absolute Gasteiger partial charge is 0.370 e. The standard InChI is InChI=1S/C16H25N3OS/c1-3-9-17-15-11-12(8-10-18-15)16(20)19-13-4-6-14(21-2)7-5-13/h8,10-11,13-14H,3-7,9H2,1-2H3,(H,17,18)(H,19,20). The molecule has 2 N–H and O–H groups in total. The van der Waals surface area contributed by atoms with Crippen molar-refractivity contribution in [3.63, 3.8) is 0 Å². The van der Waals surface area contributed by atoms with Crippen LogP contribution in [-0.4, -0.2) is 35.0 Å². The van der Waals surface area contributed by atoms with Gasteiger partial charge in [0, 0.05) is 29.6 Å². The predicted molar refractivity (Wildman–Crippen MR) is 90.0 cm³/mol. The summed E-state index contributed by atoms with van der Waals surface area (Å²) in [7, 11) is 0. The van der Waals surface area contributed by atoms with Crippen LogP contribution in [0.25, 0.3) is 0 Å². The van der Waals surface area contributed by atoms with Gasteiger partial charge in [-0.2, -0.15) is 11.8 Å². The number of hydrogen-bond donors (Lipinski definition) is 2. The summed E-state index contributed by atoms with van der Waals surface area (Å²) >= 11 is 1.94. The van der Waals surface area contributed by atoms with Gasteiger partial charge in [-0.15, -0.1) is 0 Å². The molecule has 0 bridgehead atoms. The summed E-state index contributed by atoms with van der Waals surface area (Å²) in [6, 6.07) is 3.93. The molecular formula is C16H25N3OS. The second kappa shape index (κ2) is 8.27. The van der Waals surface area contributed by atoms with Crippen LogP contribution in [0.5, 0.6) is 0 Å². The second-order valence-electron chi connectivity index (χ2n) is 5.54. The van der Waals surface area contributed by atoms with Crippen LogP contribution in [0, 0.1) is 0 Å². The number of thioether (sulfide) groups is 1. The molecule has 0 saturated heterocycles. The van der Waals surface area contributed by atoms with Gasteiger partial charge in [-0.1, -0.05) is 6.92 Å². The molecule has 1 aliphatic rings. The molecule has 1 heterocycles. The Morgan fingerprint density at radius 3 is 2.81 bits per heavy atom. The van der Waals surface area contributed by atoms with Crippen LogP contribution in [0.15, 0.2) is 18.3 Å². The Bertz CT molecular complexity index is 459. The lowest BCUT2D eigenvalue weighted by molar-refractivity contribution is 0.0928. The van der Waals surface area contributed by atoms with Crippen molar-refractivity contribution in [1.82, 2.24) is 10.3 Å². The first-order chi connectivity index (χ1) is 10.2. The number of nitrogens with one attached hydrogen (secondary N) is 2. The molecule has 5 heteroatoms. The lowest BCUT2D eigenvalue weighted by atomic mass is 9.95. The van der Waals surface area contributed by atoms with Gasteiger partial charge in [-0.05, 0) is 50.5 Å². The maximum absolute atomic E-state index is 12.3. The molecule has 0 aliphatic heterocycles. The van der Waals surface area contributed by atoms with Crippen molar-refractivity contribution in [2.45, 2.75) is 50.3 Å². The molecule has 1 aromatic heterocycles. The van der Waals surface area contributed by atoms with Crippen molar-refractivity contribution < 1.29 is 4.79 Å². The Balaban J connectivity index is 1.88. The van der Waals surface area contributed by atoms with Crippen molar-refractivity contribution in [2.75, 3.05) is 18.1 Å². The molecule has 1 saturated carbocycles. The number of carbonyl (C=O) groups excluding carboxylic acids is 1. The Morgan fingerprint density at radius 2 is 2.14 bits per heavy atom. The highest BCUT2D eigenvalue weighted by atomic mass is 32.2. The number of pyridine rings is 1. The second-order valence-corrected chi connectivity index (χ2v) is 6.68. The predicted octanol–water partition coefficient (Wildman–Crippen LogP) is 3.31. The summed E-state index contributed by atoms with van der Waals surface area (Å²) in [6.45, 7) is 2.98. The van der Waals surface area contributed by atoms with Crippen LogP contribution in [0.3, 0.4) is 0 Å². The number of nitrogens with zero attached hydrogens (tertiary/aromatic N) is 1. The van der Waals surface area contributed by atoms with Gasteiger partial charge in [0.2, 0.25) is 0 Å². The number of carbonyl (C=O) groups is 1. The highest BCUT2D eigenvalue weighted by Crippen LogP contribution is 2.27. The quantitative estimate of drug-likeness (QED) is 0.846. The molecule has 1 fully saturated rings. The third-order valence-electron chi connectivity index (χ3n) is 3.92. The first kappa shape index (κ1) is 16.1. The van der Waals surface area contributed by atoms with E-state index >= 15 is 0 Å². The van der Waals surface area contributed by atoms with Crippen LogP contribution in [0.2, 0.25) is 0 Å². The third-order valence-corrected chi connectivity index (χ3v) is 5.06. The van der Waals surface area contributed by atoms with Gasteiger partial charge >= 0.3 is 0 Å². The fraction of sp³-hybridized carbons (Fsp3) is 0.625. The lowest BCUT2D eigenvalue weighted by Crippen LogP contribution is -2.38. The molecule has 4 nitrogen and oxygen atoms in total. The molecule has 2 rings (SSSR count). The van der Waals surface area contributed by atoms with Gasteiger partial charge in [0.15, 0.2) is 0 Å². The maximum Gasteiger partial charge on any atom is 0.251 e. The zero-order chi connectivity index (χ0) is 15.1. The number of anilines is 1. The van der Waals surface area contributed by atoms with E-state index in [2.05, 4.69) is 28.8 Å². The van der Waals surface area contributed by atoms with E-state index < -0.39 is 0 Å². The van der Waals surface area contributed by atoms with Gasteiger partial charge in [-0.3, -0.25) is 4.79 Å². The van der Waals surface area contributed by atoms with Gasteiger partial charge in [0.05, 0.1) is 0 Å². The van der Waals surface area contributed by atoms with Crippen LogP contribution in [-0.2, 0) is 0 Å². The van der Waals surface area contributed by atoms with Crippen molar-refractivity contribution in [2.24, 2.45) is 0 Å². The molecular weight excluding hydrogens is 282 g/mol. The van der Waals surface area contributed by atoms with Gasteiger partial charge in [0.25, 0.3) is 5.91 Å². The van der Waals surface area contributed by atoms with Crippen LogP contribution in [0.1, 0.15) is 49.4 Å². The van der Waals surface area contributed by atoms with E-state index in [4.69, 9.17) is 0 Å². The smallest absolute Gasteiger partial charge is 0.251 e. The monoisotopic (exact) mass is 307 g/mol. The van der Waals surface area contributed by atoms with E-state index in [1.54, 1.807) is 12.3 Å². The Hall–Kier alpha value is -1.23. The molecule has 21 heavy (non-hydrogen) atoms. The van der Waals surface area contributed by atoms with Crippen molar-refractivity contribution in [3.05, 3.63) is 23.9 Å². The molecule has 0 aromatic carbocycles. The molecule has 0 unspecified atom stereocenters. The zero-order valence-electron chi connectivity index (χ0n) is 12.9. The Kier molecular flexibility index (Phi) is 6.36. The lowest BCUT2D eigenvalue weighted by Gasteiger charge is -2.28. The minimum atomic E-state index is 0.0181. The SMILES string of the molecule is CCCNc1cc(C(=O)NC2CCC(SC)CC2)ccn1. The van der Waals surface area contributed by atoms with Crippen LogP contribution >= 0.6 is 11.8 Å². The first-order valence-electron chi connectivity index (χ1n) is 7.76. The average Bonchev–Trinajstić information content (AvgIpc) is 2.54. The third kappa shape index (κ3) is 4.92. The molecule has 0 radical (unpaired) electrons. The zero-order valence-corrected chi connectivity index (χ0v) is 13.7. The number of hydrogen-bond acceptors (Lipinski definition) is 4. The molecule has 1 aliphatic carbocycles. The molecule has 1 amide bonds. The summed E-state index contributed by atoms with van der Waals surface area (Å²) in [5.41, 5.74) is 0.690. The minimum absolute atomic E-state index is 0.0181. The van der Waals surface area contributed by atoms with E-state index in [9.17, 15) is 4.79 Å². The summed E-state index contributed by atoms with van der Waals surface area (Å²) in [5.74, 6) is 0.792. The van der Waals surface area contributed by atoms with Gasteiger partial charge in [0.1, 0.15) is 5.82 Å². The van der Waals surface area contributed by atoms with Crippen LogP contribution < -0.4 is 10.6 Å². The highest BCUT2D eigenvalue weighted by Gasteiger charge is 2.22. The van der Waals surface area contributed by atoms with Crippen molar-refractivity contribution in [3.8, 4) is 0 Å². The summed E-state index contributed by atoms with van der Waals surface area (Å²) in [6.07, 6.45) is 9.48. The average molecular weight is 307 g/mol. The van der Waals surface area contributed by atoms with Gasteiger partial charge < -0.3 is 10.6 Å². The minimum Gasteiger partial charge on any atom is -0.370 e. The highest BCUT2D eigenvalue weighted by molar-refractivity contribution is 7.99. The van der Waals surface area contributed by atoms with E-state index in [0.29, 0.717) is 11.6 Å². The molecule has 116 valence electrons. The fourth-order valence-electron chi connectivity index (χ4n) is 2.63. The van der Waals surface area contributed by atoms with E-state index in [1.807, 2.05) is 17.8 Å².